The van der Waals surface area contributed by atoms with Crippen molar-refractivity contribution in [3.05, 3.63) is 0 Å². The minimum absolute atomic E-state index is 0.103. The Morgan fingerprint density at radius 3 is 2.40 bits per heavy atom. The summed E-state index contributed by atoms with van der Waals surface area (Å²) in [6.45, 7) is 8.49. The van der Waals surface area contributed by atoms with E-state index in [1.54, 1.807) is 18.7 Å². The van der Waals surface area contributed by atoms with Gasteiger partial charge in [0.15, 0.2) is 0 Å². The zero-order valence-corrected chi connectivity index (χ0v) is 13.2. The van der Waals surface area contributed by atoms with Gasteiger partial charge < -0.3 is 15.3 Å². The van der Waals surface area contributed by atoms with Crippen LogP contribution in [-0.2, 0) is 9.59 Å². The molecule has 1 fully saturated rings. The predicted molar refractivity (Wildman–Crippen MR) is 78.2 cm³/mol. The number of aliphatic hydroxyl groups is 1. The molecule has 0 radical (unpaired) electrons. The first kappa shape index (κ1) is 17.0. The topological polar surface area (TPSA) is 69.6 Å². The van der Waals surface area contributed by atoms with Crippen molar-refractivity contribution in [1.82, 2.24) is 10.2 Å². The van der Waals surface area contributed by atoms with E-state index in [0.29, 0.717) is 25.9 Å². The molecule has 1 aliphatic rings. The fraction of sp³-hybridized carbons (Fsp3) is 0.867. The first-order valence-corrected chi connectivity index (χ1v) is 7.58. The third-order valence-electron chi connectivity index (χ3n) is 4.06. The molecule has 20 heavy (non-hydrogen) atoms. The standard InChI is InChI=1S/C15H28N2O3/c1-5-7-15(20,8-6-2)11-12(18)17-10-9-16-13(19)14(17,3)4/h20H,5-11H2,1-4H3,(H,16,19). The van der Waals surface area contributed by atoms with Gasteiger partial charge in [-0.05, 0) is 26.7 Å². The lowest BCUT2D eigenvalue weighted by Crippen LogP contribution is -2.64. The van der Waals surface area contributed by atoms with Crippen LogP contribution in [0.5, 0.6) is 0 Å². The van der Waals surface area contributed by atoms with E-state index in [9.17, 15) is 14.7 Å². The SMILES string of the molecule is CCCC(O)(CCC)CC(=O)N1CCNC(=O)C1(C)C. The van der Waals surface area contributed by atoms with Gasteiger partial charge in [-0.25, -0.2) is 0 Å². The van der Waals surface area contributed by atoms with Crippen LogP contribution in [0.1, 0.15) is 59.8 Å². The summed E-state index contributed by atoms with van der Waals surface area (Å²) in [7, 11) is 0. The van der Waals surface area contributed by atoms with Crippen molar-refractivity contribution < 1.29 is 14.7 Å². The first-order chi connectivity index (χ1) is 9.27. The van der Waals surface area contributed by atoms with Crippen molar-refractivity contribution in [1.29, 1.82) is 0 Å². The van der Waals surface area contributed by atoms with Crippen LogP contribution in [0.25, 0.3) is 0 Å². The number of piperazine rings is 1. The molecule has 2 amide bonds. The average molecular weight is 284 g/mol. The molecule has 1 saturated heterocycles. The molecule has 0 aliphatic carbocycles. The van der Waals surface area contributed by atoms with E-state index in [1.807, 2.05) is 13.8 Å². The predicted octanol–water partition coefficient (Wildman–Crippen LogP) is 1.44. The van der Waals surface area contributed by atoms with Crippen molar-refractivity contribution in [2.75, 3.05) is 13.1 Å². The molecule has 0 atom stereocenters. The van der Waals surface area contributed by atoms with Crippen LogP contribution < -0.4 is 5.32 Å². The highest BCUT2D eigenvalue weighted by atomic mass is 16.3. The molecule has 0 aromatic heterocycles. The van der Waals surface area contributed by atoms with Crippen molar-refractivity contribution in [2.24, 2.45) is 0 Å². The molecule has 0 saturated carbocycles. The van der Waals surface area contributed by atoms with Crippen LogP contribution in [0.15, 0.2) is 0 Å². The van der Waals surface area contributed by atoms with Crippen molar-refractivity contribution in [3.8, 4) is 0 Å². The Morgan fingerprint density at radius 2 is 1.90 bits per heavy atom. The highest BCUT2D eigenvalue weighted by Crippen LogP contribution is 2.27. The molecular formula is C15H28N2O3. The second kappa shape index (κ2) is 6.57. The third-order valence-corrected chi connectivity index (χ3v) is 4.06. The van der Waals surface area contributed by atoms with Gasteiger partial charge in [-0.15, -0.1) is 0 Å². The lowest BCUT2D eigenvalue weighted by molar-refractivity contribution is -0.153. The number of carbonyl (C=O) groups is 2. The number of hydrogen-bond donors (Lipinski definition) is 2. The fourth-order valence-corrected chi connectivity index (χ4v) is 2.95. The van der Waals surface area contributed by atoms with Crippen LogP contribution in [0.3, 0.4) is 0 Å². The second-order valence-electron chi connectivity index (χ2n) is 6.26. The number of nitrogens with zero attached hydrogens (tertiary/aromatic N) is 1. The lowest BCUT2D eigenvalue weighted by atomic mass is 9.87. The van der Waals surface area contributed by atoms with Crippen LogP contribution in [0, 0.1) is 0 Å². The Balaban J connectivity index is 2.80. The van der Waals surface area contributed by atoms with E-state index in [4.69, 9.17) is 0 Å². The summed E-state index contributed by atoms with van der Waals surface area (Å²) >= 11 is 0. The van der Waals surface area contributed by atoms with Crippen LogP contribution in [0.4, 0.5) is 0 Å². The Morgan fingerprint density at radius 1 is 1.35 bits per heavy atom. The zero-order chi connectivity index (χ0) is 15.4. The van der Waals surface area contributed by atoms with Gasteiger partial charge in [0.1, 0.15) is 5.54 Å². The summed E-state index contributed by atoms with van der Waals surface area (Å²) in [5.41, 5.74) is -1.78. The fourth-order valence-electron chi connectivity index (χ4n) is 2.95. The van der Waals surface area contributed by atoms with E-state index in [2.05, 4.69) is 5.32 Å². The molecule has 2 N–H and O–H groups in total. The smallest absolute Gasteiger partial charge is 0.245 e. The minimum atomic E-state index is -0.940. The molecule has 0 aromatic rings. The van der Waals surface area contributed by atoms with Crippen LogP contribution in [0.2, 0.25) is 0 Å². The maximum absolute atomic E-state index is 12.5. The summed E-state index contributed by atoms with van der Waals surface area (Å²) < 4.78 is 0. The van der Waals surface area contributed by atoms with Gasteiger partial charge in [-0.3, -0.25) is 9.59 Å². The van der Waals surface area contributed by atoms with Gasteiger partial charge in [0.25, 0.3) is 0 Å². The van der Waals surface area contributed by atoms with Gasteiger partial charge in [0.2, 0.25) is 11.8 Å². The normalized spacial score (nSPS) is 18.9. The summed E-state index contributed by atoms with van der Waals surface area (Å²) in [6, 6.07) is 0. The average Bonchev–Trinajstić information content (AvgIpc) is 2.32. The molecule has 0 unspecified atom stereocenters. The summed E-state index contributed by atoms with van der Waals surface area (Å²) in [4.78, 5) is 26.0. The van der Waals surface area contributed by atoms with E-state index in [1.165, 1.54) is 0 Å². The summed E-state index contributed by atoms with van der Waals surface area (Å²) in [5.74, 6) is -0.263. The molecule has 0 spiro atoms. The molecule has 1 rings (SSSR count). The van der Waals surface area contributed by atoms with Crippen molar-refractivity contribution in [3.63, 3.8) is 0 Å². The van der Waals surface area contributed by atoms with Crippen LogP contribution in [-0.4, -0.2) is 46.1 Å². The van der Waals surface area contributed by atoms with E-state index < -0.39 is 11.1 Å². The number of rotatable bonds is 6. The molecule has 116 valence electrons. The quantitative estimate of drug-likeness (QED) is 0.775. The molecular weight excluding hydrogens is 256 g/mol. The zero-order valence-electron chi connectivity index (χ0n) is 13.2. The molecule has 0 aromatic carbocycles. The number of hydrogen-bond acceptors (Lipinski definition) is 3. The number of carbonyl (C=O) groups excluding carboxylic acids is 2. The van der Waals surface area contributed by atoms with Crippen molar-refractivity contribution >= 4 is 11.8 Å². The number of amides is 2. The van der Waals surface area contributed by atoms with Crippen LogP contribution >= 0.6 is 0 Å². The lowest BCUT2D eigenvalue weighted by Gasteiger charge is -2.42. The molecule has 1 heterocycles. The van der Waals surface area contributed by atoms with E-state index in [0.717, 1.165) is 12.8 Å². The largest absolute Gasteiger partial charge is 0.389 e. The van der Waals surface area contributed by atoms with Gasteiger partial charge in [0, 0.05) is 13.1 Å². The third kappa shape index (κ3) is 3.72. The summed E-state index contributed by atoms with van der Waals surface area (Å²) in [6.07, 6.45) is 3.02. The molecule has 0 bridgehead atoms. The highest BCUT2D eigenvalue weighted by molar-refractivity contribution is 5.92. The second-order valence-corrected chi connectivity index (χ2v) is 6.26. The van der Waals surface area contributed by atoms with E-state index >= 15 is 0 Å². The molecule has 5 nitrogen and oxygen atoms in total. The van der Waals surface area contributed by atoms with Gasteiger partial charge >= 0.3 is 0 Å². The van der Waals surface area contributed by atoms with Crippen molar-refractivity contribution in [2.45, 2.75) is 70.9 Å². The van der Waals surface area contributed by atoms with Gasteiger partial charge in [0.05, 0.1) is 12.0 Å². The minimum Gasteiger partial charge on any atom is -0.389 e. The first-order valence-electron chi connectivity index (χ1n) is 7.58. The Bertz CT molecular complexity index is 360. The maximum Gasteiger partial charge on any atom is 0.245 e. The highest BCUT2D eigenvalue weighted by Gasteiger charge is 2.42. The van der Waals surface area contributed by atoms with Gasteiger partial charge in [-0.1, -0.05) is 26.7 Å². The molecule has 1 aliphatic heterocycles. The molecule has 5 heteroatoms. The number of nitrogens with one attached hydrogen (secondary N) is 1. The van der Waals surface area contributed by atoms with Gasteiger partial charge in [-0.2, -0.15) is 0 Å². The van der Waals surface area contributed by atoms with E-state index in [-0.39, 0.29) is 18.2 Å². The summed E-state index contributed by atoms with van der Waals surface area (Å²) in [5, 5.41) is 13.4. The Hall–Kier alpha value is -1.10. The maximum atomic E-state index is 12.5. The Kier molecular flexibility index (Phi) is 5.57. The Labute approximate surface area is 121 Å². The monoisotopic (exact) mass is 284 g/mol.